The summed E-state index contributed by atoms with van der Waals surface area (Å²) in [6, 6.07) is 28.9. The Morgan fingerprint density at radius 1 is 0.897 bits per heavy atom. The molecule has 1 aromatic heterocycles. The lowest BCUT2D eigenvalue weighted by molar-refractivity contribution is -0.135. The predicted molar refractivity (Wildman–Crippen MR) is 149 cm³/mol. The molecule has 0 bridgehead atoms. The molecule has 2 amide bonds. The van der Waals surface area contributed by atoms with Gasteiger partial charge in [0.2, 0.25) is 5.91 Å². The molecule has 0 saturated carbocycles. The van der Waals surface area contributed by atoms with Crippen LogP contribution in [0, 0.1) is 0 Å². The third-order valence-corrected chi connectivity index (χ3v) is 7.98. The van der Waals surface area contributed by atoms with Gasteiger partial charge in [-0.15, -0.1) is 0 Å². The number of benzene rings is 3. The second-order valence-electron chi connectivity index (χ2n) is 10.2. The van der Waals surface area contributed by atoms with Crippen LogP contribution in [0.1, 0.15) is 63.5 Å². The number of pyridine rings is 1. The number of ether oxygens (including phenoxy) is 1. The fourth-order valence-electron chi connectivity index (χ4n) is 6.13. The summed E-state index contributed by atoms with van der Waals surface area (Å²) < 4.78 is 5.41. The molecule has 3 heterocycles. The third kappa shape index (κ3) is 4.67. The summed E-state index contributed by atoms with van der Waals surface area (Å²) in [5.41, 5.74) is 4.41. The minimum Gasteiger partial charge on any atom is -0.497 e. The van der Waals surface area contributed by atoms with E-state index in [2.05, 4.69) is 4.98 Å². The zero-order chi connectivity index (χ0) is 26.8. The van der Waals surface area contributed by atoms with Gasteiger partial charge in [-0.05, 0) is 65.4 Å². The Labute approximate surface area is 228 Å². The number of carbonyl (C=O) groups excluding carboxylic acids is 2. The minimum absolute atomic E-state index is 0.00983. The summed E-state index contributed by atoms with van der Waals surface area (Å²) in [5, 5.41) is 0. The molecule has 0 aliphatic carbocycles. The average Bonchev–Trinajstić information content (AvgIpc) is 3.49. The van der Waals surface area contributed by atoms with Gasteiger partial charge in [-0.1, -0.05) is 60.7 Å². The summed E-state index contributed by atoms with van der Waals surface area (Å²) in [7, 11) is 1.63. The quantitative estimate of drug-likeness (QED) is 0.318. The van der Waals surface area contributed by atoms with Gasteiger partial charge in [0.25, 0.3) is 5.91 Å². The van der Waals surface area contributed by atoms with Crippen molar-refractivity contribution in [3.05, 3.63) is 131 Å². The number of hydrogen-bond donors (Lipinski definition) is 0. The van der Waals surface area contributed by atoms with Gasteiger partial charge in [0.05, 0.1) is 25.1 Å². The molecule has 0 N–H and O–H groups in total. The summed E-state index contributed by atoms with van der Waals surface area (Å²) >= 11 is 0. The standard InChI is InChI=1S/C33H31N3O3/c1-39-26-15-13-25(14-16-26)31-30(33(38)35-21-7-12-29(35)24-17-19-34-20-18-24)27-10-5-6-11-28(27)32(37)36(31)22-23-8-3-2-4-9-23/h2-6,8-11,13-20,29-31H,7,12,21-22H2,1H3/t29?,30-,31-/m0/s1. The van der Waals surface area contributed by atoms with Crippen molar-refractivity contribution in [3.63, 3.8) is 0 Å². The predicted octanol–water partition coefficient (Wildman–Crippen LogP) is 5.93. The molecule has 3 atom stereocenters. The Kier molecular flexibility index (Phi) is 6.84. The number of hydrogen-bond acceptors (Lipinski definition) is 4. The monoisotopic (exact) mass is 517 g/mol. The number of amides is 2. The highest BCUT2D eigenvalue weighted by atomic mass is 16.5. The van der Waals surface area contributed by atoms with E-state index in [1.165, 1.54) is 0 Å². The number of carbonyl (C=O) groups is 2. The van der Waals surface area contributed by atoms with Gasteiger partial charge < -0.3 is 14.5 Å². The van der Waals surface area contributed by atoms with Crippen LogP contribution in [0.3, 0.4) is 0 Å². The van der Waals surface area contributed by atoms with Gasteiger partial charge in [-0.3, -0.25) is 14.6 Å². The maximum Gasteiger partial charge on any atom is 0.255 e. The summed E-state index contributed by atoms with van der Waals surface area (Å²) in [5.74, 6) is 0.175. The van der Waals surface area contributed by atoms with Crippen LogP contribution in [0.2, 0.25) is 0 Å². The van der Waals surface area contributed by atoms with Crippen LogP contribution in [-0.4, -0.2) is 40.3 Å². The van der Waals surface area contributed by atoms with Gasteiger partial charge in [0.1, 0.15) is 5.75 Å². The van der Waals surface area contributed by atoms with E-state index in [1.807, 2.05) is 101 Å². The summed E-state index contributed by atoms with van der Waals surface area (Å²) in [6.45, 7) is 1.09. The first-order chi connectivity index (χ1) is 19.2. The molecule has 6 heteroatoms. The second-order valence-corrected chi connectivity index (χ2v) is 10.2. The molecule has 2 aliphatic rings. The molecular weight excluding hydrogens is 486 g/mol. The first kappa shape index (κ1) is 24.9. The van der Waals surface area contributed by atoms with E-state index in [1.54, 1.807) is 19.5 Å². The Bertz CT molecular complexity index is 1460. The number of aromatic nitrogens is 1. The van der Waals surface area contributed by atoms with Gasteiger partial charge in [-0.25, -0.2) is 0 Å². The van der Waals surface area contributed by atoms with Crippen LogP contribution in [0.15, 0.2) is 103 Å². The molecule has 196 valence electrons. The zero-order valence-electron chi connectivity index (χ0n) is 21.9. The van der Waals surface area contributed by atoms with Crippen molar-refractivity contribution in [3.8, 4) is 5.75 Å². The van der Waals surface area contributed by atoms with E-state index in [0.29, 0.717) is 18.7 Å². The van der Waals surface area contributed by atoms with Crippen molar-refractivity contribution in [1.29, 1.82) is 0 Å². The van der Waals surface area contributed by atoms with Crippen LogP contribution < -0.4 is 4.74 Å². The van der Waals surface area contributed by atoms with Gasteiger partial charge in [-0.2, -0.15) is 0 Å². The molecule has 4 aromatic rings. The molecule has 2 aliphatic heterocycles. The van der Waals surface area contributed by atoms with Crippen molar-refractivity contribution in [1.82, 2.24) is 14.8 Å². The van der Waals surface area contributed by atoms with Crippen molar-refractivity contribution in [2.75, 3.05) is 13.7 Å². The molecule has 1 fully saturated rings. The number of fused-ring (bicyclic) bond motifs is 1. The van der Waals surface area contributed by atoms with E-state index < -0.39 is 12.0 Å². The van der Waals surface area contributed by atoms with E-state index >= 15 is 0 Å². The fourth-order valence-corrected chi connectivity index (χ4v) is 6.13. The first-order valence-corrected chi connectivity index (χ1v) is 13.4. The third-order valence-electron chi connectivity index (χ3n) is 7.98. The Hall–Kier alpha value is -4.45. The highest BCUT2D eigenvalue weighted by Crippen LogP contribution is 2.46. The minimum atomic E-state index is -0.543. The van der Waals surface area contributed by atoms with Crippen molar-refractivity contribution in [2.24, 2.45) is 0 Å². The topological polar surface area (TPSA) is 62.7 Å². The van der Waals surface area contributed by atoms with Crippen LogP contribution in [0.4, 0.5) is 0 Å². The Balaban J connectivity index is 1.48. The van der Waals surface area contributed by atoms with Crippen LogP contribution >= 0.6 is 0 Å². The SMILES string of the molecule is COc1ccc([C@H]2[C@@H](C(=O)N3CCCC3c3ccncc3)c3ccccc3C(=O)N2Cc2ccccc2)cc1. The van der Waals surface area contributed by atoms with E-state index in [-0.39, 0.29) is 17.9 Å². The summed E-state index contributed by atoms with van der Waals surface area (Å²) in [6.07, 6.45) is 5.41. The Morgan fingerprint density at radius 3 is 2.36 bits per heavy atom. The van der Waals surface area contributed by atoms with Gasteiger partial charge in [0, 0.05) is 31.0 Å². The van der Waals surface area contributed by atoms with Crippen LogP contribution in [-0.2, 0) is 11.3 Å². The number of nitrogens with zero attached hydrogens (tertiary/aromatic N) is 3. The molecule has 3 aromatic carbocycles. The molecule has 6 nitrogen and oxygen atoms in total. The lowest BCUT2D eigenvalue weighted by Crippen LogP contribution is -2.48. The normalized spacial score (nSPS) is 20.5. The van der Waals surface area contributed by atoms with Gasteiger partial charge >= 0.3 is 0 Å². The van der Waals surface area contributed by atoms with Crippen LogP contribution in [0.25, 0.3) is 0 Å². The van der Waals surface area contributed by atoms with E-state index in [0.717, 1.165) is 40.8 Å². The fraction of sp³-hybridized carbons (Fsp3) is 0.242. The lowest BCUT2D eigenvalue weighted by Gasteiger charge is -2.43. The van der Waals surface area contributed by atoms with Crippen molar-refractivity contribution in [2.45, 2.75) is 37.4 Å². The smallest absolute Gasteiger partial charge is 0.255 e. The first-order valence-electron chi connectivity index (χ1n) is 13.4. The molecule has 1 saturated heterocycles. The molecule has 1 unspecified atom stereocenters. The number of likely N-dealkylation sites (tertiary alicyclic amines) is 1. The molecule has 0 radical (unpaired) electrons. The van der Waals surface area contributed by atoms with E-state index in [9.17, 15) is 9.59 Å². The van der Waals surface area contributed by atoms with Crippen LogP contribution in [0.5, 0.6) is 5.75 Å². The molecule has 39 heavy (non-hydrogen) atoms. The zero-order valence-corrected chi connectivity index (χ0v) is 21.9. The number of methoxy groups -OCH3 is 1. The Morgan fingerprint density at radius 2 is 1.62 bits per heavy atom. The number of rotatable bonds is 6. The van der Waals surface area contributed by atoms with Gasteiger partial charge in [0.15, 0.2) is 0 Å². The largest absolute Gasteiger partial charge is 0.497 e. The van der Waals surface area contributed by atoms with Crippen molar-refractivity contribution < 1.29 is 14.3 Å². The lowest BCUT2D eigenvalue weighted by atomic mass is 9.78. The molecular formula is C33H31N3O3. The molecule has 6 rings (SSSR count). The second kappa shape index (κ2) is 10.7. The highest BCUT2D eigenvalue weighted by molar-refractivity contribution is 6.01. The highest BCUT2D eigenvalue weighted by Gasteiger charge is 2.47. The molecule has 0 spiro atoms. The van der Waals surface area contributed by atoms with E-state index in [4.69, 9.17) is 4.74 Å². The summed E-state index contributed by atoms with van der Waals surface area (Å²) in [4.78, 5) is 36.8. The maximum absolute atomic E-state index is 14.7. The van der Waals surface area contributed by atoms with Crippen molar-refractivity contribution >= 4 is 11.8 Å². The average molecular weight is 518 g/mol. The maximum atomic E-state index is 14.7.